The van der Waals surface area contributed by atoms with E-state index in [-0.39, 0.29) is 8.72 Å². The summed E-state index contributed by atoms with van der Waals surface area (Å²) in [5.74, 6) is 0. The van der Waals surface area contributed by atoms with Crippen molar-refractivity contribution in [1.29, 1.82) is 0 Å². The topological polar surface area (TPSA) is 47.0 Å². The van der Waals surface area contributed by atoms with Crippen molar-refractivity contribution in [1.82, 2.24) is 4.98 Å². The Labute approximate surface area is 107 Å². The lowest BCUT2D eigenvalue weighted by atomic mass is 10.3. The second-order valence-corrected chi connectivity index (χ2v) is 6.38. The molecular formula is C6H2Cl2F2INO2S. The first kappa shape index (κ1) is 13.3. The van der Waals surface area contributed by atoms with Crippen LogP contribution >= 0.6 is 44.9 Å². The molecule has 0 saturated carbocycles. The van der Waals surface area contributed by atoms with Crippen molar-refractivity contribution in [3.05, 3.63) is 20.4 Å². The molecule has 0 radical (unpaired) electrons. The Balaban J connectivity index is 3.62. The van der Waals surface area contributed by atoms with Crippen LogP contribution in [0.25, 0.3) is 0 Å². The minimum Gasteiger partial charge on any atom is -0.228 e. The Morgan fingerprint density at radius 3 is 2.40 bits per heavy atom. The fourth-order valence-electron chi connectivity index (χ4n) is 0.857. The van der Waals surface area contributed by atoms with Gasteiger partial charge >= 0.3 is 0 Å². The maximum absolute atomic E-state index is 12.5. The van der Waals surface area contributed by atoms with Crippen LogP contribution in [0.15, 0.2) is 11.1 Å². The van der Waals surface area contributed by atoms with E-state index in [0.717, 1.165) is 6.07 Å². The van der Waals surface area contributed by atoms with Crippen molar-refractivity contribution in [3.63, 3.8) is 0 Å². The molecule has 1 aromatic heterocycles. The largest absolute Gasteiger partial charge is 0.279 e. The smallest absolute Gasteiger partial charge is 0.228 e. The maximum Gasteiger partial charge on any atom is 0.279 e. The van der Waals surface area contributed by atoms with Crippen LogP contribution in [0.1, 0.15) is 12.0 Å². The lowest BCUT2D eigenvalue weighted by Gasteiger charge is -2.07. The van der Waals surface area contributed by atoms with E-state index >= 15 is 0 Å². The van der Waals surface area contributed by atoms with Crippen molar-refractivity contribution in [2.24, 2.45) is 0 Å². The van der Waals surface area contributed by atoms with E-state index in [4.69, 9.17) is 22.3 Å². The van der Waals surface area contributed by atoms with Gasteiger partial charge in [0.2, 0.25) is 0 Å². The molecule has 1 heterocycles. The van der Waals surface area contributed by atoms with Crippen molar-refractivity contribution in [2.75, 3.05) is 0 Å². The van der Waals surface area contributed by atoms with Gasteiger partial charge < -0.3 is 0 Å². The summed E-state index contributed by atoms with van der Waals surface area (Å²) in [6.45, 7) is 0. The third kappa shape index (κ3) is 3.11. The molecule has 84 valence electrons. The van der Waals surface area contributed by atoms with E-state index in [0.29, 0.717) is 0 Å². The maximum atomic E-state index is 12.5. The molecule has 0 N–H and O–H groups in total. The van der Waals surface area contributed by atoms with E-state index in [1.165, 1.54) is 0 Å². The number of pyridine rings is 1. The Bertz CT molecular complexity index is 494. The van der Waals surface area contributed by atoms with Gasteiger partial charge in [0.15, 0.2) is 5.03 Å². The first-order valence-corrected chi connectivity index (χ1v) is 7.09. The second-order valence-electron chi connectivity index (χ2n) is 2.38. The van der Waals surface area contributed by atoms with E-state index in [1.807, 2.05) is 0 Å². The zero-order valence-corrected chi connectivity index (χ0v) is 11.2. The predicted octanol–water partition coefficient (Wildman–Crippen LogP) is 3.20. The standard InChI is InChI=1S/C6H2Cl2F2INO2S/c7-2-1-3(11)12-6(15(8,13)14)4(2)5(9)10/h1,5H. The van der Waals surface area contributed by atoms with Crippen LogP contribution in [0.3, 0.4) is 0 Å². The monoisotopic (exact) mass is 387 g/mol. The van der Waals surface area contributed by atoms with Gasteiger partial charge in [-0.1, -0.05) is 11.6 Å². The normalized spacial score (nSPS) is 12.1. The number of halogens is 5. The molecule has 3 nitrogen and oxygen atoms in total. The van der Waals surface area contributed by atoms with Crippen LogP contribution in [-0.2, 0) is 9.05 Å². The SMILES string of the molecule is O=S(=O)(Cl)c1nc(I)cc(Cl)c1C(F)F. The lowest BCUT2D eigenvalue weighted by molar-refractivity contribution is 0.147. The first-order valence-electron chi connectivity index (χ1n) is 3.32. The Morgan fingerprint density at radius 2 is 2.00 bits per heavy atom. The van der Waals surface area contributed by atoms with E-state index in [9.17, 15) is 17.2 Å². The van der Waals surface area contributed by atoms with Crippen molar-refractivity contribution in [2.45, 2.75) is 11.5 Å². The molecule has 0 spiro atoms. The molecule has 0 aliphatic heterocycles. The summed E-state index contributed by atoms with van der Waals surface area (Å²) in [7, 11) is 0.635. The van der Waals surface area contributed by atoms with Gasteiger partial charge in [0.1, 0.15) is 3.70 Å². The Morgan fingerprint density at radius 1 is 1.47 bits per heavy atom. The minimum atomic E-state index is -4.33. The van der Waals surface area contributed by atoms with Gasteiger partial charge in [0.25, 0.3) is 15.5 Å². The molecular weight excluding hydrogens is 386 g/mol. The summed E-state index contributed by atoms with van der Waals surface area (Å²) in [5.41, 5.74) is -0.868. The molecule has 0 atom stereocenters. The highest BCUT2D eigenvalue weighted by atomic mass is 127. The lowest BCUT2D eigenvalue weighted by Crippen LogP contribution is -2.04. The molecule has 0 aliphatic rings. The molecule has 9 heteroatoms. The molecule has 1 aromatic rings. The summed E-state index contributed by atoms with van der Waals surface area (Å²) in [6.07, 6.45) is -3.05. The number of hydrogen-bond donors (Lipinski definition) is 0. The summed E-state index contributed by atoms with van der Waals surface area (Å²) in [4.78, 5) is 3.43. The Hall–Kier alpha value is 0.270. The van der Waals surface area contributed by atoms with Gasteiger partial charge in [-0.2, -0.15) is 0 Å². The summed E-state index contributed by atoms with van der Waals surface area (Å²) in [5, 5.41) is -1.26. The number of hydrogen-bond acceptors (Lipinski definition) is 3. The molecule has 0 unspecified atom stereocenters. The molecule has 15 heavy (non-hydrogen) atoms. The molecule has 0 aromatic carbocycles. The average Bonchev–Trinajstić information content (AvgIpc) is 1.99. The highest BCUT2D eigenvalue weighted by molar-refractivity contribution is 14.1. The summed E-state index contributed by atoms with van der Waals surface area (Å²) >= 11 is 7.14. The van der Waals surface area contributed by atoms with Gasteiger partial charge in [-0.05, 0) is 28.7 Å². The summed E-state index contributed by atoms with van der Waals surface area (Å²) < 4.78 is 47.1. The average molecular weight is 388 g/mol. The summed E-state index contributed by atoms with van der Waals surface area (Å²) in [6, 6.07) is 1.13. The van der Waals surface area contributed by atoms with Crippen LogP contribution in [0.5, 0.6) is 0 Å². The van der Waals surface area contributed by atoms with Gasteiger partial charge in [-0.15, -0.1) is 0 Å². The number of alkyl halides is 2. The van der Waals surface area contributed by atoms with Crippen molar-refractivity contribution < 1.29 is 17.2 Å². The zero-order chi connectivity index (χ0) is 11.8. The number of nitrogens with zero attached hydrogens (tertiary/aromatic N) is 1. The third-order valence-corrected chi connectivity index (χ3v) is 3.47. The van der Waals surface area contributed by atoms with Crippen LogP contribution in [0.4, 0.5) is 8.78 Å². The molecule has 0 aliphatic carbocycles. The molecule has 0 bridgehead atoms. The van der Waals surface area contributed by atoms with E-state index in [2.05, 4.69) is 4.98 Å². The van der Waals surface area contributed by atoms with E-state index in [1.54, 1.807) is 22.6 Å². The zero-order valence-electron chi connectivity index (χ0n) is 6.72. The molecule has 1 rings (SSSR count). The number of rotatable bonds is 2. The highest BCUT2D eigenvalue weighted by Crippen LogP contribution is 2.34. The van der Waals surface area contributed by atoms with Gasteiger partial charge in [0.05, 0.1) is 10.6 Å². The van der Waals surface area contributed by atoms with Crippen LogP contribution in [0, 0.1) is 3.70 Å². The van der Waals surface area contributed by atoms with Gasteiger partial charge in [-0.25, -0.2) is 22.2 Å². The quantitative estimate of drug-likeness (QED) is 0.444. The van der Waals surface area contributed by atoms with E-state index < -0.39 is 26.1 Å². The van der Waals surface area contributed by atoms with Crippen molar-refractivity contribution >= 4 is 53.9 Å². The molecule has 0 amide bonds. The Kier molecular flexibility index (Phi) is 4.13. The van der Waals surface area contributed by atoms with Crippen LogP contribution in [0.2, 0.25) is 5.02 Å². The molecule has 0 saturated heterocycles. The minimum absolute atomic E-state index is 0.168. The highest BCUT2D eigenvalue weighted by Gasteiger charge is 2.27. The molecule has 0 fully saturated rings. The predicted molar refractivity (Wildman–Crippen MR) is 60.0 cm³/mol. The van der Waals surface area contributed by atoms with Gasteiger partial charge in [0, 0.05) is 10.7 Å². The van der Waals surface area contributed by atoms with Crippen LogP contribution < -0.4 is 0 Å². The second kappa shape index (κ2) is 4.64. The fraction of sp³-hybridized carbons (Fsp3) is 0.167. The first-order chi connectivity index (χ1) is 6.73. The van der Waals surface area contributed by atoms with Crippen LogP contribution in [-0.4, -0.2) is 13.4 Å². The van der Waals surface area contributed by atoms with Crippen molar-refractivity contribution in [3.8, 4) is 0 Å². The fourth-order valence-corrected chi connectivity index (χ4v) is 3.11. The third-order valence-electron chi connectivity index (χ3n) is 1.39. The van der Waals surface area contributed by atoms with Gasteiger partial charge in [-0.3, -0.25) is 0 Å². The number of aromatic nitrogens is 1.